The van der Waals surface area contributed by atoms with Crippen LogP contribution < -0.4 is 16.2 Å². The molecule has 1 aliphatic rings. The van der Waals surface area contributed by atoms with Gasteiger partial charge in [-0.25, -0.2) is 0 Å². The van der Waals surface area contributed by atoms with E-state index in [1.807, 2.05) is 5.32 Å². The third-order valence-corrected chi connectivity index (χ3v) is 5.30. The number of carbonyl (C=O) groups is 3. The van der Waals surface area contributed by atoms with Crippen LogP contribution in [0.3, 0.4) is 0 Å². The fraction of sp³-hybridized carbons (Fsp3) is 0.333. The maximum absolute atomic E-state index is 13.0. The summed E-state index contributed by atoms with van der Waals surface area (Å²) in [5.41, 5.74) is -2.43. The van der Waals surface area contributed by atoms with Gasteiger partial charge in [0.1, 0.15) is 17.7 Å². The number of amides is 2. The highest BCUT2D eigenvalue weighted by atomic mass is 35.5. The van der Waals surface area contributed by atoms with E-state index in [9.17, 15) is 29.4 Å². The number of aliphatic carboxylic acids is 1. The van der Waals surface area contributed by atoms with E-state index in [0.717, 1.165) is 0 Å². The van der Waals surface area contributed by atoms with Gasteiger partial charge in [-0.3, -0.25) is 23.7 Å². The third-order valence-electron chi connectivity index (χ3n) is 4.93. The number of halogens is 1. The smallest absolute Gasteiger partial charge is 0.322 e. The number of aromatic hydroxyl groups is 2. The molecule has 1 atom stereocenters. The van der Waals surface area contributed by atoms with Gasteiger partial charge in [0.05, 0.1) is 32.5 Å². The Morgan fingerprint density at radius 3 is 2.44 bits per heavy atom. The number of pyridine rings is 1. The van der Waals surface area contributed by atoms with E-state index in [4.69, 9.17) is 26.2 Å². The van der Waals surface area contributed by atoms with Crippen LogP contribution >= 0.6 is 11.6 Å². The highest BCUT2D eigenvalue weighted by molar-refractivity contribution is 6.31. The van der Waals surface area contributed by atoms with Gasteiger partial charge >= 0.3 is 5.97 Å². The van der Waals surface area contributed by atoms with Gasteiger partial charge in [0.25, 0.3) is 17.4 Å². The van der Waals surface area contributed by atoms with Crippen molar-refractivity contribution in [3.8, 4) is 11.6 Å². The molecule has 0 spiro atoms. The average Bonchev–Trinajstić information content (AvgIpc) is 2.81. The number of carbonyl (C=O) groups excluding carboxylic acids is 2. The molecule has 1 aliphatic heterocycles. The first-order valence-electron chi connectivity index (χ1n) is 10.1. The molecule has 182 valence electrons. The van der Waals surface area contributed by atoms with E-state index in [1.54, 1.807) is 24.3 Å². The summed E-state index contributed by atoms with van der Waals surface area (Å²) in [4.78, 5) is 49.2. The second kappa shape index (κ2) is 11.0. The molecule has 0 bridgehead atoms. The van der Waals surface area contributed by atoms with Crippen molar-refractivity contribution in [2.45, 2.75) is 12.6 Å². The Bertz CT molecular complexity index is 1160. The molecule has 1 aromatic carbocycles. The Morgan fingerprint density at radius 1 is 1.09 bits per heavy atom. The van der Waals surface area contributed by atoms with Crippen LogP contribution in [0.5, 0.6) is 11.6 Å². The summed E-state index contributed by atoms with van der Waals surface area (Å²) in [5, 5.41) is 34.8. The van der Waals surface area contributed by atoms with Crippen molar-refractivity contribution in [1.82, 2.24) is 15.2 Å². The van der Waals surface area contributed by atoms with E-state index in [0.29, 0.717) is 23.3 Å². The molecule has 0 aliphatic carbocycles. The molecule has 0 radical (unpaired) electrons. The number of aromatic nitrogens is 1. The number of ether oxygens (including phenoxy) is 2. The largest absolute Gasteiger partial charge is 0.506 e. The molecule has 13 heteroatoms. The standard InChI is InChI=1S/C21H22ClN3O9/c22-13-4-2-1-3-11(13)9-25-20(31)15(18(29)23-7-12-10-33-5-6-34-12)17(28)16(21(25)32)19(30)24-8-14(26)27/h1-4,12,28,31H,5-10H2,(H,23,29)(H,24,30)(H,26,27). The molecule has 34 heavy (non-hydrogen) atoms. The summed E-state index contributed by atoms with van der Waals surface area (Å²) >= 11 is 6.14. The molecule has 2 heterocycles. The van der Waals surface area contributed by atoms with Gasteiger partial charge in [0, 0.05) is 11.6 Å². The second-order valence-electron chi connectivity index (χ2n) is 7.26. The van der Waals surface area contributed by atoms with Crippen molar-refractivity contribution >= 4 is 29.4 Å². The van der Waals surface area contributed by atoms with Crippen molar-refractivity contribution < 1.29 is 39.2 Å². The number of nitrogens with zero attached hydrogens (tertiary/aromatic N) is 1. The normalized spacial score (nSPS) is 15.5. The first-order valence-corrected chi connectivity index (χ1v) is 10.5. The topological polar surface area (TPSA) is 176 Å². The zero-order valence-corrected chi connectivity index (χ0v) is 18.5. The molecule has 0 saturated carbocycles. The van der Waals surface area contributed by atoms with E-state index >= 15 is 0 Å². The van der Waals surface area contributed by atoms with Crippen LogP contribution in [0.2, 0.25) is 5.02 Å². The number of carboxylic acids is 1. The average molecular weight is 496 g/mol. The van der Waals surface area contributed by atoms with Crippen LogP contribution in [0.15, 0.2) is 29.1 Å². The second-order valence-corrected chi connectivity index (χ2v) is 7.67. The molecule has 12 nitrogen and oxygen atoms in total. The summed E-state index contributed by atoms with van der Waals surface area (Å²) in [6.45, 7) is -0.274. The Kier molecular flexibility index (Phi) is 8.10. The summed E-state index contributed by atoms with van der Waals surface area (Å²) in [6, 6.07) is 6.38. The van der Waals surface area contributed by atoms with E-state index in [2.05, 4.69) is 5.32 Å². The SMILES string of the molecule is O=C(O)CNC(=O)c1c(O)c(C(=O)NCC2COCCO2)c(O)n(Cc2ccccc2Cl)c1=O. The number of benzene rings is 1. The Hall–Kier alpha value is -3.61. The summed E-state index contributed by atoms with van der Waals surface area (Å²) in [7, 11) is 0. The Labute approximate surface area is 197 Å². The molecule has 1 fully saturated rings. The van der Waals surface area contributed by atoms with Crippen LogP contribution in [-0.4, -0.2) is 76.7 Å². The minimum atomic E-state index is -1.39. The number of rotatable bonds is 8. The van der Waals surface area contributed by atoms with Crippen LogP contribution in [0.1, 0.15) is 26.3 Å². The van der Waals surface area contributed by atoms with Crippen LogP contribution in [0.4, 0.5) is 0 Å². The summed E-state index contributed by atoms with van der Waals surface area (Å²) < 4.78 is 11.4. The fourth-order valence-corrected chi connectivity index (χ4v) is 3.44. The maximum atomic E-state index is 13.0. The van der Waals surface area contributed by atoms with Gasteiger partial charge in [-0.05, 0) is 11.6 Å². The lowest BCUT2D eigenvalue weighted by Crippen LogP contribution is -2.41. The molecule has 2 amide bonds. The predicted octanol–water partition coefficient (Wildman–Crippen LogP) is -0.0792. The van der Waals surface area contributed by atoms with Gasteiger partial charge in [-0.15, -0.1) is 0 Å². The van der Waals surface area contributed by atoms with Gasteiger partial charge in [0.15, 0.2) is 5.75 Å². The number of carboxylic acid groups (broad SMARTS) is 1. The third kappa shape index (κ3) is 5.65. The fourth-order valence-electron chi connectivity index (χ4n) is 3.25. The van der Waals surface area contributed by atoms with Crippen molar-refractivity contribution in [1.29, 1.82) is 0 Å². The molecule has 1 saturated heterocycles. The van der Waals surface area contributed by atoms with E-state index in [1.165, 1.54) is 0 Å². The molecule has 2 aromatic rings. The Balaban J connectivity index is 2.03. The lowest BCUT2D eigenvalue weighted by atomic mass is 10.1. The zero-order chi connectivity index (χ0) is 24.8. The van der Waals surface area contributed by atoms with Crippen molar-refractivity contribution in [3.63, 3.8) is 0 Å². The zero-order valence-electron chi connectivity index (χ0n) is 17.7. The first-order chi connectivity index (χ1) is 16.2. The minimum Gasteiger partial charge on any atom is -0.506 e. The van der Waals surface area contributed by atoms with Crippen molar-refractivity contribution in [2.24, 2.45) is 0 Å². The minimum absolute atomic E-state index is 0.0398. The van der Waals surface area contributed by atoms with Crippen LogP contribution in [0, 0.1) is 0 Å². The quantitative estimate of drug-likeness (QED) is 0.335. The molecule has 1 unspecified atom stereocenters. The van der Waals surface area contributed by atoms with Crippen LogP contribution in [-0.2, 0) is 20.8 Å². The molecule has 5 N–H and O–H groups in total. The molecular formula is C21H22ClN3O9. The molecule has 1 aromatic heterocycles. The molecular weight excluding hydrogens is 474 g/mol. The number of hydrogen-bond acceptors (Lipinski definition) is 8. The van der Waals surface area contributed by atoms with E-state index in [-0.39, 0.29) is 24.7 Å². The Morgan fingerprint density at radius 2 is 1.79 bits per heavy atom. The number of nitrogens with one attached hydrogen (secondary N) is 2. The lowest BCUT2D eigenvalue weighted by molar-refractivity contribution is -0.135. The summed E-state index contributed by atoms with van der Waals surface area (Å²) in [5.74, 6) is -5.63. The molecule has 3 rings (SSSR count). The van der Waals surface area contributed by atoms with Crippen molar-refractivity contribution in [2.75, 3.05) is 32.9 Å². The highest BCUT2D eigenvalue weighted by Crippen LogP contribution is 2.29. The highest BCUT2D eigenvalue weighted by Gasteiger charge is 2.30. The number of hydrogen-bond donors (Lipinski definition) is 5. The van der Waals surface area contributed by atoms with Gasteiger partial charge < -0.3 is 35.4 Å². The van der Waals surface area contributed by atoms with Crippen LogP contribution in [0.25, 0.3) is 0 Å². The summed E-state index contributed by atoms with van der Waals surface area (Å²) in [6.07, 6.45) is -0.477. The predicted molar refractivity (Wildman–Crippen MR) is 117 cm³/mol. The van der Waals surface area contributed by atoms with E-state index < -0.39 is 58.7 Å². The first kappa shape index (κ1) is 25.0. The lowest BCUT2D eigenvalue weighted by Gasteiger charge is -2.23. The van der Waals surface area contributed by atoms with Gasteiger partial charge in [-0.2, -0.15) is 0 Å². The maximum Gasteiger partial charge on any atom is 0.322 e. The van der Waals surface area contributed by atoms with Gasteiger partial charge in [0.2, 0.25) is 5.88 Å². The monoisotopic (exact) mass is 495 g/mol. The van der Waals surface area contributed by atoms with Crippen molar-refractivity contribution in [3.05, 3.63) is 56.3 Å². The van der Waals surface area contributed by atoms with Gasteiger partial charge in [-0.1, -0.05) is 29.8 Å².